The predicted molar refractivity (Wildman–Crippen MR) is 65.9 cm³/mol. The molecule has 1 saturated carbocycles. The van der Waals surface area contributed by atoms with Gasteiger partial charge in [-0.15, -0.1) is 0 Å². The van der Waals surface area contributed by atoms with Crippen LogP contribution in [0.15, 0.2) is 12.4 Å². The molecule has 1 saturated heterocycles. The summed E-state index contributed by atoms with van der Waals surface area (Å²) >= 11 is 0. The zero-order valence-corrected chi connectivity index (χ0v) is 10.2. The monoisotopic (exact) mass is 244 g/mol. The van der Waals surface area contributed by atoms with Gasteiger partial charge in [0.25, 0.3) is 0 Å². The average molecular weight is 244 g/mol. The van der Waals surface area contributed by atoms with Crippen molar-refractivity contribution in [3.05, 3.63) is 18.1 Å². The summed E-state index contributed by atoms with van der Waals surface area (Å²) in [5.74, 6) is 1.16. The van der Waals surface area contributed by atoms with Crippen molar-refractivity contribution in [3.8, 4) is 6.07 Å². The Morgan fingerprint density at radius 3 is 3.06 bits per heavy atom. The number of nitriles is 1. The first-order chi connectivity index (χ1) is 8.88. The van der Waals surface area contributed by atoms with Crippen LogP contribution in [-0.4, -0.2) is 28.7 Å². The van der Waals surface area contributed by atoms with E-state index in [1.807, 2.05) is 0 Å². The highest BCUT2D eigenvalue weighted by Crippen LogP contribution is 2.35. The number of anilines is 1. The molecular weight excluding hydrogens is 228 g/mol. The van der Waals surface area contributed by atoms with Crippen molar-refractivity contribution < 1.29 is 4.74 Å². The Bertz CT molecular complexity index is 470. The maximum Gasteiger partial charge on any atom is 0.182 e. The van der Waals surface area contributed by atoms with Crippen LogP contribution >= 0.6 is 0 Å². The van der Waals surface area contributed by atoms with E-state index >= 15 is 0 Å². The minimum absolute atomic E-state index is 0.357. The van der Waals surface area contributed by atoms with E-state index in [2.05, 4.69) is 21.4 Å². The predicted octanol–water partition coefficient (Wildman–Crippen LogP) is 1.72. The topological polar surface area (TPSA) is 70.8 Å². The maximum absolute atomic E-state index is 9.02. The summed E-state index contributed by atoms with van der Waals surface area (Å²) in [7, 11) is 0. The minimum atomic E-state index is 0.357. The Balaban J connectivity index is 1.77. The molecule has 0 spiro atoms. The van der Waals surface area contributed by atoms with Crippen molar-refractivity contribution >= 4 is 5.82 Å². The van der Waals surface area contributed by atoms with Crippen molar-refractivity contribution in [2.75, 3.05) is 11.9 Å². The molecule has 1 aliphatic carbocycles. The van der Waals surface area contributed by atoms with E-state index in [9.17, 15) is 0 Å². The lowest BCUT2D eigenvalue weighted by molar-refractivity contribution is 0.0619. The first kappa shape index (κ1) is 11.4. The molecular formula is C13H16N4O. The lowest BCUT2D eigenvalue weighted by Crippen LogP contribution is -2.38. The van der Waals surface area contributed by atoms with E-state index in [1.165, 1.54) is 6.42 Å². The fourth-order valence-corrected chi connectivity index (χ4v) is 3.06. The van der Waals surface area contributed by atoms with Crippen LogP contribution in [0.4, 0.5) is 5.82 Å². The van der Waals surface area contributed by atoms with Gasteiger partial charge in [-0.3, -0.25) is 0 Å². The fourth-order valence-electron chi connectivity index (χ4n) is 3.06. The highest BCUT2D eigenvalue weighted by Gasteiger charge is 2.37. The molecule has 3 rings (SSSR count). The molecule has 1 aromatic heterocycles. The van der Waals surface area contributed by atoms with Gasteiger partial charge in [-0.2, -0.15) is 5.26 Å². The van der Waals surface area contributed by atoms with Gasteiger partial charge >= 0.3 is 0 Å². The number of ether oxygens (including phenoxy) is 1. The molecule has 0 radical (unpaired) electrons. The van der Waals surface area contributed by atoms with E-state index in [4.69, 9.17) is 10.00 Å². The quantitative estimate of drug-likeness (QED) is 0.857. The van der Waals surface area contributed by atoms with Gasteiger partial charge in [0.1, 0.15) is 6.07 Å². The van der Waals surface area contributed by atoms with E-state index in [-0.39, 0.29) is 0 Å². The number of hydrogen-bond acceptors (Lipinski definition) is 5. The van der Waals surface area contributed by atoms with Gasteiger partial charge in [-0.05, 0) is 25.7 Å². The van der Waals surface area contributed by atoms with Crippen LogP contribution in [-0.2, 0) is 4.74 Å². The molecule has 0 aromatic carbocycles. The largest absolute Gasteiger partial charge is 0.378 e. The molecule has 18 heavy (non-hydrogen) atoms. The van der Waals surface area contributed by atoms with E-state index < -0.39 is 0 Å². The molecule has 1 N–H and O–H groups in total. The van der Waals surface area contributed by atoms with Gasteiger partial charge in [0.05, 0.1) is 6.10 Å². The Hall–Kier alpha value is -1.67. The molecule has 2 aliphatic rings. The summed E-state index contributed by atoms with van der Waals surface area (Å²) in [6, 6.07) is 2.43. The zero-order chi connectivity index (χ0) is 12.4. The highest BCUT2D eigenvalue weighted by molar-refractivity contribution is 5.47. The van der Waals surface area contributed by atoms with Crippen LogP contribution in [0.25, 0.3) is 0 Å². The molecule has 1 aliphatic heterocycles. The Morgan fingerprint density at radius 1 is 1.28 bits per heavy atom. The summed E-state index contributed by atoms with van der Waals surface area (Å²) in [6.45, 7) is 0.860. The number of aromatic nitrogens is 2. The van der Waals surface area contributed by atoms with E-state index in [0.717, 1.165) is 25.9 Å². The van der Waals surface area contributed by atoms with E-state index in [0.29, 0.717) is 29.6 Å². The normalized spacial score (nSPS) is 30.5. The van der Waals surface area contributed by atoms with Crippen molar-refractivity contribution in [1.29, 1.82) is 5.26 Å². The number of rotatable bonds is 2. The van der Waals surface area contributed by atoms with Crippen LogP contribution in [0.3, 0.4) is 0 Å². The van der Waals surface area contributed by atoms with Gasteiger partial charge in [0.2, 0.25) is 0 Å². The minimum Gasteiger partial charge on any atom is -0.378 e. The first-order valence-electron chi connectivity index (χ1n) is 6.48. The third kappa shape index (κ3) is 2.04. The lowest BCUT2D eigenvalue weighted by atomic mass is 9.82. The third-order valence-corrected chi connectivity index (χ3v) is 3.91. The van der Waals surface area contributed by atoms with Gasteiger partial charge in [0, 0.05) is 31.0 Å². The third-order valence-electron chi connectivity index (χ3n) is 3.91. The summed E-state index contributed by atoms with van der Waals surface area (Å²) in [6.07, 6.45) is 8.10. The van der Waals surface area contributed by atoms with Crippen molar-refractivity contribution in [3.63, 3.8) is 0 Å². The van der Waals surface area contributed by atoms with Crippen molar-refractivity contribution in [2.24, 2.45) is 5.92 Å². The molecule has 5 heteroatoms. The molecule has 3 atom stereocenters. The van der Waals surface area contributed by atoms with Gasteiger partial charge in [0.15, 0.2) is 11.5 Å². The van der Waals surface area contributed by atoms with Crippen molar-refractivity contribution in [1.82, 2.24) is 9.97 Å². The molecule has 0 amide bonds. The van der Waals surface area contributed by atoms with E-state index in [1.54, 1.807) is 12.4 Å². The summed E-state index contributed by atoms with van der Waals surface area (Å²) in [5, 5.41) is 12.4. The summed E-state index contributed by atoms with van der Waals surface area (Å²) in [4.78, 5) is 8.25. The molecule has 2 fully saturated rings. The average Bonchev–Trinajstić information content (AvgIpc) is 2.89. The molecule has 0 bridgehead atoms. The van der Waals surface area contributed by atoms with Gasteiger partial charge in [-0.25, -0.2) is 9.97 Å². The number of nitrogens with one attached hydrogen (secondary N) is 1. The smallest absolute Gasteiger partial charge is 0.182 e. The van der Waals surface area contributed by atoms with Crippen molar-refractivity contribution in [2.45, 2.75) is 37.8 Å². The number of hydrogen-bond donors (Lipinski definition) is 1. The molecule has 0 unspecified atom stereocenters. The number of nitrogens with zero attached hydrogens (tertiary/aromatic N) is 3. The Labute approximate surface area is 106 Å². The standard InChI is InChI=1S/C13H16N4O/c14-8-11-13(16-6-5-15-11)17-10-2-1-3-12-9(10)4-7-18-12/h5-6,9-10,12H,1-4,7H2,(H,16,17)/t9-,10+,12-/m0/s1. The number of fused-ring (bicyclic) bond motifs is 1. The maximum atomic E-state index is 9.02. The van der Waals surface area contributed by atoms with Crippen LogP contribution in [0.1, 0.15) is 31.4 Å². The highest BCUT2D eigenvalue weighted by atomic mass is 16.5. The van der Waals surface area contributed by atoms with Gasteiger partial charge in [-0.1, -0.05) is 0 Å². The van der Waals surface area contributed by atoms with Gasteiger partial charge < -0.3 is 10.1 Å². The van der Waals surface area contributed by atoms with Crippen LogP contribution in [0, 0.1) is 17.2 Å². The first-order valence-corrected chi connectivity index (χ1v) is 6.48. The van der Waals surface area contributed by atoms with Crippen LogP contribution in [0.2, 0.25) is 0 Å². The second-order valence-electron chi connectivity index (χ2n) is 4.91. The lowest BCUT2D eigenvalue weighted by Gasteiger charge is -2.33. The summed E-state index contributed by atoms with van der Waals surface area (Å²) < 4.78 is 5.74. The molecule has 2 heterocycles. The molecule has 94 valence electrons. The molecule has 5 nitrogen and oxygen atoms in total. The van der Waals surface area contributed by atoms with Crippen LogP contribution < -0.4 is 5.32 Å². The zero-order valence-electron chi connectivity index (χ0n) is 10.2. The van der Waals surface area contributed by atoms with Crippen LogP contribution in [0.5, 0.6) is 0 Å². The Morgan fingerprint density at radius 2 is 2.17 bits per heavy atom. The second-order valence-corrected chi connectivity index (χ2v) is 4.91. The fraction of sp³-hybridized carbons (Fsp3) is 0.615. The summed E-state index contributed by atoms with van der Waals surface area (Å²) in [5.41, 5.74) is 0.374. The second kappa shape index (κ2) is 4.91. The Kier molecular flexibility index (Phi) is 3.11. The molecule has 1 aromatic rings. The SMILES string of the molecule is N#Cc1nccnc1N[C@@H]1CCC[C@@H]2OCC[C@H]21.